The van der Waals surface area contributed by atoms with Crippen molar-refractivity contribution in [1.82, 2.24) is 0 Å². The minimum atomic E-state index is -0.367. The monoisotopic (exact) mass is 418 g/mol. The predicted molar refractivity (Wildman–Crippen MR) is 102 cm³/mol. The Hall–Kier alpha value is -1.91. The smallest absolute Gasteiger partial charge is 0.205 e. The van der Waals surface area contributed by atoms with E-state index in [-0.39, 0.29) is 33.3 Å². The van der Waals surface area contributed by atoms with E-state index in [0.29, 0.717) is 26.7 Å². The standard InChI is InChI=1S/C20H16BrClO3/c1-20(2,3)13-8-10(9-14(21)19(13)25)15-16(22)18(24)12-7-5-4-6-11(12)17(15)23/h4-9,25H,1-3H3. The Morgan fingerprint density at radius 3 is 2.12 bits per heavy atom. The van der Waals surface area contributed by atoms with Crippen LogP contribution in [0.2, 0.25) is 0 Å². The molecule has 0 saturated carbocycles. The molecule has 0 bridgehead atoms. The molecule has 0 unspecified atom stereocenters. The average molecular weight is 420 g/mol. The number of rotatable bonds is 1. The molecule has 3 nitrogen and oxygen atoms in total. The maximum absolute atomic E-state index is 13.0. The highest BCUT2D eigenvalue weighted by Gasteiger charge is 2.33. The number of phenolic OH excluding ortho intramolecular Hbond substituents is 1. The third-order valence-corrected chi connectivity index (χ3v) is 5.19. The van der Waals surface area contributed by atoms with Crippen LogP contribution >= 0.6 is 27.5 Å². The lowest BCUT2D eigenvalue weighted by atomic mass is 9.81. The summed E-state index contributed by atoms with van der Waals surface area (Å²) in [4.78, 5) is 25.5. The van der Waals surface area contributed by atoms with Gasteiger partial charge in [-0.25, -0.2) is 0 Å². The summed E-state index contributed by atoms with van der Waals surface area (Å²) < 4.78 is 0.450. The van der Waals surface area contributed by atoms with Crippen LogP contribution in [0.5, 0.6) is 5.75 Å². The average Bonchev–Trinajstić information content (AvgIpc) is 2.55. The van der Waals surface area contributed by atoms with Gasteiger partial charge in [0.05, 0.1) is 10.0 Å². The maximum Gasteiger partial charge on any atom is 0.205 e. The van der Waals surface area contributed by atoms with Crippen molar-refractivity contribution in [3.05, 3.63) is 68.2 Å². The molecular formula is C20H16BrClO3. The molecule has 128 valence electrons. The van der Waals surface area contributed by atoms with Crippen molar-refractivity contribution in [1.29, 1.82) is 0 Å². The Kier molecular flexibility index (Phi) is 4.38. The van der Waals surface area contributed by atoms with Gasteiger partial charge in [0.15, 0.2) is 5.78 Å². The molecule has 1 N–H and O–H groups in total. The van der Waals surface area contributed by atoms with E-state index >= 15 is 0 Å². The van der Waals surface area contributed by atoms with Crippen molar-refractivity contribution < 1.29 is 14.7 Å². The first-order chi connectivity index (χ1) is 11.6. The highest BCUT2D eigenvalue weighted by molar-refractivity contribution is 9.10. The van der Waals surface area contributed by atoms with Gasteiger partial charge in [-0.15, -0.1) is 0 Å². The number of allylic oxidation sites excluding steroid dienone is 2. The Bertz CT molecular complexity index is 952. The van der Waals surface area contributed by atoms with E-state index in [2.05, 4.69) is 15.9 Å². The van der Waals surface area contributed by atoms with E-state index in [9.17, 15) is 14.7 Å². The van der Waals surface area contributed by atoms with Crippen molar-refractivity contribution in [3.63, 3.8) is 0 Å². The van der Waals surface area contributed by atoms with Gasteiger partial charge in [-0.05, 0) is 39.0 Å². The predicted octanol–water partition coefficient (Wildman–Crippen LogP) is 5.48. The van der Waals surface area contributed by atoms with Crippen molar-refractivity contribution in [2.24, 2.45) is 0 Å². The molecule has 2 aromatic carbocycles. The van der Waals surface area contributed by atoms with Gasteiger partial charge in [0.25, 0.3) is 0 Å². The summed E-state index contributed by atoms with van der Waals surface area (Å²) in [5.41, 5.74) is 1.63. The molecule has 2 aromatic rings. The number of carbonyl (C=O) groups excluding carboxylic acids is 2. The summed E-state index contributed by atoms with van der Waals surface area (Å²) in [6.45, 7) is 5.87. The highest BCUT2D eigenvalue weighted by atomic mass is 79.9. The number of halogens is 2. The van der Waals surface area contributed by atoms with Crippen LogP contribution in [0.15, 0.2) is 45.9 Å². The van der Waals surface area contributed by atoms with Gasteiger partial charge >= 0.3 is 0 Å². The van der Waals surface area contributed by atoms with E-state index in [1.807, 2.05) is 20.8 Å². The van der Waals surface area contributed by atoms with E-state index < -0.39 is 0 Å². The zero-order valence-electron chi connectivity index (χ0n) is 14.0. The van der Waals surface area contributed by atoms with Crippen molar-refractivity contribution in [3.8, 4) is 5.75 Å². The van der Waals surface area contributed by atoms with Gasteiger partial charge in [-0.1, -0.05) is 56.6 Å². The molecule has 1 aliphatic carbocycles. The second kappa shape index (κ2) is 6.11. The number of hydrogen-bond acceptors (Lipinski definition) is 3. The molecule has 3 rings (SSSR count). The first-order valence-corrected chi connectivity index (χ1v) is 8.91. The molecule has 0 amide bonds. The summed E-state index contributed by atoms with van der Waals surface area (Å²) in [6, 6.07) is 9.97. The molecule has 0 aliphatic heterocycles. The second-order valence-electron chi connectivity index (χ2n) is 7.00. The molecule has 0 saturated heterocycles. The van der Waals surface area contributed by atoms with Gasteiger partial charge in [0.2, 0.25) is 5.78 Å². The Balaban J connectivity index is 2.27. The second-order valence-corrected chi connectivity index (χ2v) is 8.23. The van der Waals surface area contributed by atoms with Crippen LogP contribution in [0.1, 0.15) is 52.6 Å². The van der Waals surface area contributed by atoms with Gasteiger partial charge in [-0.2, -0.15) is 0 Å². The van der Waals surface area contributed by atoms with Gasteiger partial charge in [0, 0.05) is 16.7 Å². The maximum atomic E-state index is 13.0. The topological polar surface area (TPSA) is 54.4 Å². The van der Waals surface area contributed by atoms with E-state index in [1.165, 1.54) is 0 Å². The molecular weight excluding hydrogens is 404 g/mol. The molecule has 0 atom stereocenters. The summed E-state index contributed by atoms with van der Waals surface area (Å²) >= 11 is 9.61. The van der Waals surface area contributed by atoms with E-state index in [0.717, 1.165) is 0 Å². The molecule has 0 spiro atoms. The number of benzene rings is 2. The summed E-state index contributed by atoms with van der Waals surface area (Å²) in [6.07, 6.45) is 0. The molecule has 0 fully saturated rings. The van der Waals surface area contributed by atoms with Crippen LogP contribution in [-0.2, 0) is 5.41 Å². The fourth-order valence-electron chi connectivity index (χ4n) is 2.92. The van der Waals surface area contributed by atoms with Crippen LogP contribution in [0.25, 0.3) is 5.57 Å². The Labute approximate surface area is 159 Å². The van der Waals surface area contributed by atoms with Crippen LogP contribution < -0.4 is 0 Å². The molecule has 0 radical (unpaired) electrons. The third kappa shape index (κ3) is 2.94. The van der Waals surface area contributed by atoms with E-state index in [4.69, 9.17) is 11.6 Å². The molecule has 0 aromatic heterocycles. The van der Waals surface area contributed by atoms with Crippen LogP contribution in [0.4, 0.5) is 0 Å². The number of Topliss-reactive ketones (excluding diaryl/α,β-unsaturated/α-hetero) is 2. The molecule has 1 aliphatic rings. The quantitative estimate of drug-likeness (QED) is 0.666. The van der Waals surface area contributed by atoms with Crippen molar-refractivity contribution >= 4 is 44.7 Å². The lowest BCUT2D eigenvalue weighted by Crippen LogP contribution is -2.20. The first-order valence-electron chi connectivity index (χ1n) is 7.74. The lowest BCUT2D eigenvalue weighted by molar-refractivity contribution is 0.0998. The number of fused-ring (bicyclic) bond motifs is 1. The zero-order valence-corrected chi connectivity index (χ0v) is 16.3. The number of carbonyl (C=O) groups is 2. The minimum absolute atomic E-state index is 0.0962. The third-order valence-electron chi connectivity index (χ3n) is 4.22. The Morgan fingerprint density at radius 1 is 1.00 bits per heavy atom. The minimum Gasteiger partial charge on any atom is -0.506 e. The number of aromatic hydroxyl groups is 1. The highest BCUT2D eigenvalue weighted by Crippen LogP contribution is 2.41. The van der Waals surface area contributed by atoms with Crippen LogP contribution in [0, 0.1) is 0 Å². The largest absolute Gasteiger partial charge is 0.506 e. The number of phenols is 1. The van der Waals surface area contributed by atoms with Gasteiger partial charge in [-0.3, -0.25) is 9.59 Å². The number of ketones is 2. The Morgan fingerprint density at radius 2 is 1.56 bits per heavy atom. The number of hydrogen-bond donors (Lipinski definition) is 1. The molecule has 25 heavy (non-hydrogen) atoms. The van der Waals surface area contributed by atoms with Gasteiger partial charge < -0.3 is 5.11 Å². The zero-order chi connectivity index (χ0) is 18.5. The SMILES string of the molecule is CC(C)(C)c1cc(C2=C(Cl)C(=O)c3ccccc3C2=O)cc(Br)c1O. The normalized spacial score (nSPS) is 14.8. The molecule has 5 heteroatoms. The van der Waals surface area contributed by atoms with Crippen molar-refractivity contribution in [2.75, 3.05) is 0 Å². The van der Waals surface area contributed by atoms with Crippen molar-refractivity contribution in [2.45, 2.75) is 26.2 Å². The van der Waals surface area contributed by atoms with Gasteiger partial charge in [0.1, 0.15) is 10.8 Å². The molecule has 0 heterocycles. The lowest BCUT2D eigenvalue weighted by Gasteiger charge is -2.24. The summed E-state index contributed by atoms with van der Waals surface area (Å²) in [7, 11) is 0. The fourth-order valence-corrected chi connectivity index (χ4v) is 3.68. The van der Waals surface area contributed by atoms with E-state index in [1.54, 1.807) is 36.4 Å². The summed E-state index contributed by atoms with van der Waals surface area (Å²) in [5.74, 6) is -0.547. The van der Waals surface area contributed by atoms with Crippen LogP contribution in [0.3, 0.4) is 0 Å². The van der Waals surface area contributed by atoms with Crippen LogP contribution in [-0.4, -0.2) is 16.7 Å². The summed E-state index contributed by atoms with van der Waals surface area (Å²) in [5, 5.41) is 10.3. The first kappa shape index (κ1) is 17.9. The fraction of sp³-hybridized carbons (Fsp3) is 0.200.